The van der Waals surface area contributed by atoms with Gasteiger partial charge in [0.2, 0.25) is 5.95 Å². The van der Waals surface area contributed by atoms with Crippen molar-refractivity contribution in [1.82, 2.24) is 14.9 Å². The molecule has 3 rings (SSSR count). The van der Waals surface area contributed by atoms with E-state index in [4.69, 9.17) is 28.3 Å². The number of rotatable bonds is 1. The summed E-state index contributed by atoms with van der Waals surface area (Å²) < 4.78 is 0.936. The largest absolute Gasteiger partial charge is 0.396 e. The molecule has 9 N–H and O–H groups in total. The lowest BCUT2D eigenvalue weighted by Crippen LogP contribution is -2.57. The average Bonchev–Trinajstić information content (AvgIpc) is 2.53. The highest BCUT2D eigenvalue weighted by Gasteiger charge is 2.29. The Morgan fingerprint density at radius 1 is 1.08 bits per heavy atom. The molecule has 2 aliphatic rings. The fourth-order valence-electron chi connectivity index (χ4n) is 2.79. The van der Waals surface area contributed by atoms with Crippen molar-refractivity contribution in [3.63, 3.8) is 0 Å². The molecule has 0 atom stereocenters. The van der Waals surface area contributed by atoms with Gasteiger partial charge in [-0.1, -0.05) is 0 Å². The number of anilines is 3. The lowest BCUT2D eigenvalue weighted by molar-refractivity contribution is -0.894. The summed E-state index contributed by atoms with van der Waals surface area (Å²) in [5.41, 5.74) is 23.9. The molecule has 0 amide bonds. The van der Waals surface area contributed by atoms with Crippen molar-refractivity contribution < 1.29 is 4.48 Å². The van der Waals surface area contributed by atoms with Gasteiger partial charge in [0.05, 0.1) is 51.7 Å². The Balaban J connectivity index is 1.96. The van der Waals surface area contributed by atoms with Gasteiger partial charge in [-0.05, 0) is 6.08 Å². The minimum Gasteiger partial charge on any atom is -0.396 e. The molecule has 0 saturated carbocycles. The summed E-state index contributed by atoms with van der Waals surface area (Å²) in [7, 11) is 4.37. The second kappa shape index (κ2) is 6.26. The number of nitrogens with two attached hydrogens (primary N) is 4. The van der Waals surface area contributed by atoms with Crippen LogP contribution in [0.3, 0.4) is 0 Å². The van der Waals surface area contributed by atoms with E-state index in [9.17, 15) is 0 Å². The molecule has 0 unspecified atom stereocenters. The minimum atomic E-state index is -0.0314. The number of aliphatic imine (C=N–C) groups is 2. The zero-order chi connectivity index (χ0) is 19.1. The highest BCUT2D eigenvalue weighted by molar-refractivity contribution is 6.48. The van der Waals surface area contributed by atoms with Gasteiger partial charge in [-0.2, -0.15) is 9.97 Å². The number of nitrogen functional groups attached to an aromatic ring is 3. The van der Waals surface area contributed by atoms with Gasteiger partial charge in [0.25, 0.3) is 0 Å². The van der Waals surface area contributed by atoms with Crippen LogP contribution in [0.25, 0.3) is 0 Å². The Morgan fingerprint density at radius 2 is 1.65 bits per heavy atom. The zero-order valence-electron chi connectivity index (χ0n) is 14.9. The van der Waals surface area contributed by atoms with Crippen molar-refractivity contribution in [1.29, 1.82) is 5.41 Å². The van der Waals surface area contributed by atoms with E-state index < -0.39 is 0 Å². The third-order valence-electron chi connectivity index (χ3n) is 4.43. The summed E-state index contributed by atoms with van der Waals surface area (Å²) in [5.74, 6) is 0.818. The first kappa shape index (κ1) is 17.6. The maximum absolute atomic E-state index is 8.21. The fourth-order valence-corrected chi connectivity index (χ4v) is 2.79. The van der Waals surface area contributed by atoms with Crippen LogP contribution in [0.4, 0.5) is 23.3 Å². The predicted molar refractivity (Wildman–Crippen MR) is 103 cm³/mol. The maximum Gasteiger partial charge on any atom is 0.224 e. The predicted octanol–water partition coefficient (Wildman–Crippen LogP) is -1.08. The molecule has 2 aliphatic heterocycles. The van der Waals surface area contributed by atoms with Gasteiger partial charge in [0, 0.05) is 0 Å². The maximum atomic E-state index is 8.21. The Bertz CT molecular complexity index is 816. The molecule has 0 radical (unpaired) electrons. The van der Waals surface area contributed by atoms with E-state index in [1.807, 2.05) is 0 Å². The van der Waals surface area contributed by atoms with Crippen molar-refractivity contribution in [2.75, 3.05) is 57.5 Å². The van der Waals surface area contributed by atoms with Gasteiger partial charge in [-0.3, -0.25) is 5.41 Å². The summed E-state index contributed by atoms with van der Waals surface area (Å²) in [5, 5.41) is 8.21. The molecule has 26 heavy (non-hydrogen) atoms. The molecular weight excluding hydrogens is 334 g/mol. The second-order valence-corrected chi connectivity index (χ2v) is 6.96. The highest BCUT2D eigenvalue weighted by atomic mass is 15.4. The minimum absolute atomic E-state index is 0.0314. The van der Waals surface area contributed by atoms with Crippen molar-refractivity contribution in [3.05, 3.63) is 11.8 Å². The summed E-state index contributed by atoms with van der Waals surface area (Å²) in [6.45, 7) is 3.52. The van der Waals surface area contributed by atoms with Gasteiger partial charge in [-0.25, -0.2) is 9.98 Å². The van der Waals surface area contributed by atoms with E-state index in [1.54, 1.807) is 0 Å². The Kier molecular flexibility index (Phi) is 4.24. The molecule has 0 aliphatic carbocycles. The topological polar surface area (TPSA) is 182 Å². The van der Waals surface area contributed by atoms with Crippen LogP contribution in [0.2, 0.25) is 0 Å². The molecule has 11 nitrogen and oxygen atoms in total. The van der Waals surface area contributed by atoms with E-state index >= 15 is 0 Å². The monoisotopic (exact) mass is 358 g/mol. The summed E-state index contributed by atoms with van der Waals surface area (Å²) in [6.07, 6.45) is 1.53. The van der Waals surface area contributed by atoms with Gasteiger partial charge in [0.15, 0.2) is 23.3 Å². The van der Waals surface area contributed by atoms with Gasteiger partial charge >= 0.3 is 0 Å². The molecule has 11 heteroatoms. The van der Waals surface area contributed by atoms with Gasteiger partial charge in [-0.15, -0.1) is 0 Å². The lowest BCUT2D eigenvalue weighted by Gasteiger charge is -2.40. The standard InChI is InChI=1S/C15H24N11/c1-26(2)5-3-25(4-6-26)14-9(17)7-8(16)13(24-14)21-10-11(18)22-15(20)23-12(10)19/h7,17H,3-6,16H2,1-2H3,(H6,18,19,20,22,23)/q+1/b17-9?,21-13-. The normalized spacial score (nSPS) is 21.5. The van der Waals surface area contributed by atoms with Crippen LogP contribution in [-0.2, 0) is 0 Å². The summed E-state index contributed by atoms with van der Waals surface area (Å²) in [4.78, 5) is 18.6. The van der Waals surface area contributed by atoms with Gasteiger partial charge in [0.1, 0.15) is 5.69 Å². The molecule has 0 bridgehead atoms. The molecule has 0 aromatic carbocycles. The van der Waals surface area contributed by atoms with E-state index in [1.165, 1.54) is 6.08 Å². The van der Waals surface area contributed by atoms with Gasteiger partial charge < -0.3 is 32.3 Å². The third kappa shape index (κ3) is 3.42. The molecule has 1 saturated heterocycles. The Labute approximate surface area is 151 Å². The highest BCUT2D eigenvalue weighted by Crippen LogP contribution is 2.28. The van der Waals surface area contributed by atoms with Crippen LogP contribution >= 0.6 is 0 Å². The average molecular weight is 358 g/mol. The number of dihydropyridines is 1. The third-order valence-corrected chi connectivity index (χ3v) is 4.43. The number of hydrogen-bond donors (Lipinski definition) is 5. The van der Waals surface area contributed by atoms with Crippen LogP contribution in [0.5, 0.6) is 0 Å². The van der Waals surface area contributed by atoms with E-state index in [2.05, 4.69) is 38.9 Å². The van der Waals surface area contributed by atoms with Crippen molar-refractivity contribution in [2.45, 2.75) is 0 Å². The SMILES string of the molecule is C[N+]1(C)CCN(C2=N/C(=N\c3c(N)nc(N)nc3N)C(N)=CC2=N)CC1. The smallest absolute Gasteiger partial charge is 0.224 e. The summed E-state index contributed by atoms with van der Waals surface area (Å²) in [6, 6.07) is 0. The number of nitrogens with zero attached hydrogens (tertiary/aromatic N) is 6. The van der Waals surface area contributed by atoms with E-state index in [0.717, 1.165) is 30.7 Å². The quantitative estimate of drug-likeness (QED) is 0.395. The second-order valence-electron chi connectivity index (χ2n) is 6.96. The first-order valence-electron chi connectivity index (χ1n) is 8.15. The van der Waals surface area contributed by atoms with Crippen molar-refractivity contribution >= 4 is 40.7 Å². The Hall–Kier alpha value is -3.21. The Morgan fingerprint density at radius 3 is 2.23 bits per heavy atom. The van der Waals surface area contributed by atoms with Crippen LogP contribution < -0.4 is 22.9 Å². The first-order valence-corrected chi connectivity index (χ1v) is 8.15. The van der Waals surface area contributed by atoms with Crippen LogP contribution in [0, 0.1) is 5.41 Å². The number of likely N-dealkylation sites (N-methyl/N-ethyl adjacent to an activating group) is 1. The number of piperazine rings is 1. The van der Waals surface area contributed by atoms with E-state index in [-0.39, 0.29) is 40.5 Å². The molecule has 0 spiro atoms. The molecule has 1 fully saturated rings. The molecule has 138 valence electrons. The molecular formula is C15H24N11+. The van der Waals surface area contributed by atoms with E-state index in [0.29, 0.717) is 5.84 Å². The van der Waals surface area contributed by atoms with Crippen molar-refractivity contribution in [2.24, 2.45) is 15.7 Å². The number of amidine groups is 2. The molecule has 3 heterocycles. The zero-order valence-corrected chi connectivity index (χ0v) is 14.9. The lowest BCUT2D eigenvalue weighted by atomic mass is 10.1. The fraction of sp³-hybridized carbons (Fsp3) is 0.400. The first-order chi connectivity index (χ1) is 12.2. The van der Waals surface area contributed by atoms with Crippen LogP contribution in [0.1, 0.15) is 0 Å². The number of quaternary nitrogens is 1. The number of aromatic nitrogens is 2. The van der Waals surface area contributed by atoms with Crippen molar-refractivity contribution in [3.8, 4) is 0 Å². The van der Waals surface area contributed by atoms with Crippen LogP contribution in [-0.4, -0.2) is 77.0 Å². The molecule has 1 aromatic heterocycles. The molecule has 1 aromatic rings. The van der Waals surface area contributed by atoms with Crippen LogP contribution in [0.15, 0.2) is 21.8 Å². The summed E-state index contributed by atoms with van der Waals surface area (Å²) >= 11 is 0. The number of nitrogens with one attached hydrogen (secondary N) is 1. The number of hydrogen-bond acceptors (Lipinski definition) is 9.